The average Bonchev–Trinajstić information content (AvgIpc) is 3.17. The summed E-state index contributed by atoms with van der Waals surface area (Å²) in [5, 5.41) is 0.479. The van der Waals surface area contributed by atoms with Crippen molar-refractivity contribution in [2.75, 3.05) is 31.9 Å². The SMILES string of the molecule is C[C@@]12CCC(=O)N1[C@H](C(=O)N1CCN(S(=O)(=O)c3ccc(Cl)cc3)CC1)CS2. The molecule has 0 unspecified atom stereocenters. The van der Waals surface area contributed by atoms with E-state index < -0.39 is 16.1 Å². The van der Waals surface area contributed by atoms with Gasteiger partial charge in [-0.3, -0.25) is 9.59 Å². The molecule has 0 N–H and O–H groups in total. The number of hydrogen-bond donors (Lipinski definition) is 0. The molecule has 0 aliphatic carbocycles. The number of hydrogen-bond acceptors (Lipinski definition) is 5. The maximum Gasteiger partial charge on any atom is 0.246 e. The van der Waals surface area contributed by atoms with Crippen LogP contribution < -0.4 is 0 Å². The fourth-order valence-electron chi connectivity index (χ4n) is 4.12. The van der Waals surface area contributed by atoms with Crippen LogP contribution in [0.4, 0.5) is 0 Å². The number of benzene rings is 1. The largest absolute Gasteiger partial charge is 0.338 e. The van der Waals surface area contributed by atoms with Crippen LogP contribution in [0.1, 0.15) is 19.8 Å². The van der Waals surface area contributed by atoms with Crippen molar-refractivity contribution in [1.29, 1.82) is 0 Å². The first-order valence-electron chi connectivity index (χ1n) is 9.23. The van der Waals surface area contributed by atoms with Gasteiger partial charge in [-0.1, -0.05) is 11.6 Å². The Hall–Kier alpha value is -1.29. The van der Waals surface area contributed by atoms with E-state index in [1.807, 2.05) is 6.92 Å². The van der Waals surface area contributed by atoms with Crippen LogP contribution in [0.15, 0.2) is 29.2 Å². The Kier molecular flexibility index (Phi) is 5.14. The second kappa shape index (κ2) is 7.19. The van der Waals surface area contributed by atoms with Crippen LogP contribution in [0.25, 0.3) is 0 Å². The Labute approximate surface area is 174 Å². The molecule has 3 saturated heterocycles. The average molecular weight is 444 g/mol. The second-order valence-corrected chi connectivity index (χ2v) is 11.3. The van der Waals surface area contributed by atoms with Crippen molar-refractivity contribution < 1.29 is 18.0 Å². The number of fused-ring (bicyclic) bond motifs is 1. The van der Waals surface area contributed by atoms with Crippen LogP contribution in [0, 0.1) is 0 Å². The summed E-state index contributed by atoms with van der Waals surface area (Å²) < 4.78 is 27.0. The molecule has 0 radical (unpaired) electrons. The van der Waals surface area contributed by atoms with E-state index in [4.69, 9.17) is 11.6 Å². The van der Waals surface area contributed by atoms with Gasteiger partial charge in [0.25, 0.3) is 0 Å². The molecular formula is C18H22ClN3O4S2. The third-order valence-electron chi connectivity index (χ3n) is 5.73. The molecule has 3 aliphatic rings. The molecule has 3 fully saturated rings. The molecule has 3 aliphatic heterocycles. The molecule has 7 nitrogen and oxygen atoms in total. The third kappa shape index (κ3) is 3.32. The molecule has 2 atom stereocenters. The summed E-state index contributed by atoms with van der Waals surface area (Å²) >= 11 is 7.50. The molecule has 0 saturated carbocycles. The molecular weight excluding hydrogens is 422 g/mol. The molecule has 28 heavy (non-hydrogen) atoms. The molecule has 0 bridgehead atoms. The minimum Gasteiger partial charge on any atom is -0.338 e. The molecule has 10 heteroatoms. The van der Waals surface area contributed by atoms with Gasteiger partial charge in [-0.05, 0) is 37.6 Å². The number of nitrogens with zero attached hydrogens (tertiary/aromatic N) is 3. The van der Waals surface area contributed by atoms with Crippen LogP contribution in [-0.4, -0.2) is 77.2 Å². The topological polar surface area (TPSA) is 78.0 Å². The number of amides is 2. The lowest BCUT2D eigenvalue weighted by molar-refractivity contribution is -0.144. The zero-order valence-corrected chi connectivity index (χ0v) is 17.9. The minimum absolute atomic E-state index is 0.0369. The summed E-state index contributed by atoms with van der Waals surface area (Å²) in [6.07, 6.45) is 1.26. The highest BCUT2D eigenvalue weighted by Gasteiger charge is 2.53. The number of piperazine rings is 1. The van der Waals surface area contributed by atoms with Gasteiger partial charge in [0.15, 0.2) is 0 Å². The number of halogens is 1. The smallest absolute Gasteiger partial charge is 0.246 e. The molecule has 4 rings (SSSR count). The normalized spacial score (nSPS) is 28.6. The Morgan fingerprint density at radius 3 is 2.46 bits per heavy atom. The van der Waals surface area contributed by atoms with Crippen molar-refractivity contribution >= 4 is 45.2 Å². The van der Waals surface area contributed by atoms with Crippen LogP contribution in [-0.2, 0) is 19.6 Å². The van der Waals surface area contributed by atoms with Gasteiger partial charge in [0.05, 0.1) is 9.77 Å². The van der Waals surface area contributed by atoms with Crippen molar-refractivity contribution in [3.63, 3.8) is 0 Å². The third-order valence-corrected chi connectivity index (χ3v) is 9.40. The van der Waals surface area contributed by atoms with Gasteiger partial charge < -0.3 is 9.80 Å². The van der Waals surface area contributed by atoms with E-state index in [0.717, 1.165) is 6.42 Å². The highest BCUT2D eigenvalue weighted by atomic mass is 35.5. The quantitative estimate of drug-likeness (QED) is 0.709. The van der Waals surface area contributed by atoms with Crippen LogP contribution in [0.5, 0.6) is 0 Å². The minimum atomic E-state index is -3.61. The zero-order valence-electron chi connectivity index (χ0n) is 15.5. The van der Waals surface area contributed by atoms with E-state index in [1.54, 1.807) is 33.7 Å². The second-order valence-electron chi connectivity index (χ2n) is 7.45. The van der Waals surface area contributed by atoms with E-state index in [1.165, 1.54) is 16.4 Å². The van der Waals surface area contributed by atoms with Crippen LogP contribution in [0.2, 0.25) is 5.02 Å². The predicted octanol–water partition coefficient (Wildman–Crippen LogP) is 1.63. The number of rotatable bonds is 3. The van der Waals surface area contributed by atoms with Crippen molar-refractivity contribution in [2.24, 2.45) is 0 Å². The van der Waals surface area contributed by atoms with E-state index in [0.29, 0.717) is 30.3 Å². The number of carbonyl (C=O) groups is 2. The molecule has 1 aromatic rings. The van der Waals surface area contributed by atoms with Gasteiger partial charge in [-0.15, -0.1) is 11.8 Å². The van der Waals surface area contributed by atoms with Gasteiger partial charge in [0.2, 0.25) is 21.8 Å². The molecule has 0 spiro atoms. The number of thioether (sulfide) groups is 1. The Morgan fingerprint density at radius 1 is 1.18 bits per heavy atom. The summed E-state index contributed by atoms with van der Waals surface area (Å²) in [5.74, 6) is 0.564. The summed E-state index contributed by atoms with van der Waals surface area (Å²) in [7, 11) is -3.61. The lowest BCUT2D eigenvalue weighted by Crippen LogP contribution is -2.56. The van der Waals surface area contributed by atoms with Gasteiger partial charge in [0.1, 0.15) is 6.04 Å². The lowest BCUT2D eigenvalue weighted by Gasteiger charge is -2.37. The summed E-state index contributed by atoms with van der Waals surface area (Å²) in [4.78, 5) is 28.7. The predicted molar refractivity (Wildman–Crippen MR) is 108 cm³/mol. The fourth-order valence-corrected chi connectivity index (χ4v) is 7.09. The summed E-state index contributed by atoms with van der Waals surface area (Å²) in [5.41, 5.74) is 0. The van der Waals surface area contributed by atoms with Crippen molar-refractivity contribution in [2.45, 2.75) is 35.6 Å². The summed E-state index contributed by atoms with van der Waals surface area (Å²) in [6.45, 7) is 3.15. The van der Waals surface area contributed by atoms with Crippen LogP contribution in [0.3, 0.4) is 0 Å². The molecule has 152 valence electrons. The first kappa shape index (κ1) is 20.0. The van der Waals surface area contributed by atoms with Crippen LogP contribution >= 0.6 is 23.4 Å². The Morgan fingerprint density at radius 2 is 1.82 bits per heavy atom. The van der Waals surface area contributed by atoms with Crippen molar-refractivity contribution in [3.05, 3.63) is 29.3 Å². The van der Waals surface area contributed by atoms with E-state index in [-0.39, 0.29) is 34.7 Å². The lowest BCUT2D eigenvalue weighted by atomic mass is 10.2. The molecule has 2 amide bonds. The highest BCUT2D eigenvalue weighted by molar-refractivity contribution is 8.01. The van der Waals surface area contributed by atoms with Gasteiger partial charge in [-0.2, -0.15) is 4.31 Å². The van der Waals surface area contributed by atoms with Gasteiger partial charge in [0, 0.05) is 43.4 Å². The monoisotopic (exact) mass is 443 g/mol. The highest BCUT2D eigenvalue weighted by Crippen LogP contribution is 2.47. The number of carbonyl (C=O) groups excluding carboxylic acids is 2. The first-order chi connectivity index (χ1) is 13.2. The van der Waals surface area contributed by atoms with Crippen molar-refractivity contribution in [1.82, 2.24) is 14.1 Å². The maximum absolute atomic E-state index is 13.0. The standard InChI is InChI=1S/C18H22ClN3O4S2/c1-18-7-6-16(23)22(18)15(12-27-18)17(24)20-8-10-21(11-9-20)28(25,26)14-4-2-13(19)3-5-14/h2-5,15H,6-12H2,1H3/t15-,18+/m0/s1. The first-order valence-corrected chi connectivity index (χ1v) is 12.0. The van der Waals surface area contributed by atoms with E-state index >= 15 is 0 Å². The molecule has 3 heterocycles. The van der Waals surface area contributed by atoms with E-state index in [2.05, 4.69) is 0 Å². The Balaban J connectivity index is 1.42. The van der Waals surface area contributed by atoms with Crippen molar-refractivity contribution in [3.8, 4) is 0 Å². The van der Waals surface area contributed by atoms with Gasteiger partial charge >= 0.3 is 0 Å². The fraction of sp³-hybridized carbons (Fsp3) is 0.556. The zero-order chi connectivity index (χ0) is 20.1. The summed E-state index contributed by atoms with van der Waals surface area (Å²) in [6, 6.07) is 5.64. The Bertz CT molecular complexity index is 900. The maximum atomic E-state index is 13.0. The van der Waals surface area contributed by atoms with E-state index in [9.17, 15) is 18.0 Å². The van der Waals surface area contributed by atoms with Gasteiger partial charge in [-0.25, -0.2) is 8.42 Å². The number of sulfonamides is 1. The molecule has 1 aromatic carbocycles. The molecule has 0 aromatic heterocycles.